The molecule has 0 amide bonds. The molecule has 5 nitrogen and oxygen atoms in total. The van der Waals surface area contributed by atoms with E-state index < -0.39 is 0 Å². The molecule has 0 saturated heterocycles. The molecule has 1 aromatic carbocycles. The quantitative estimate of drug-likeness (QED) is 0.613. The van der Waals surface area contributed by atoms with Crippen LogP contribution in [0.4, 0.5) is 5.95 Å². The molecule has 3 heterocycles. The number of fused-ring (bicyclic) bond motifs is 2. The van der Waals surface area contributed by atoms with Gasteiger partial charge in [-0.3, -0.25) is 4.57 Å². The highest BCUT2D eigenvalue weighted by molar-refractivity contribution is 7.16. The first-order chi connectivity index (χ1) is 9.86. The lowest BCUT2D eigenvalue weighted by atomic mass is 10.3. The van der Waals surface area contributed by atoms with E-state index >= 15 is 0 Å². The van der Waals surface area contributed by atoms with E-state index in [1.165, 1.54) is 0 Å². The van der Waals surface area contributed by atoms with E-state index in [-0.39, 0.29) is 0 Å². The summed E-state index contributed by atoms with van der Waals surface area (Å²) in [5.74, 6) is 1.47. The summed E-state index contributed by atoms with van der Waals surface area (Å²) in [6, 6.07) is 10.1. The fraction of sp³-hybridized carbons (Fsp3) is 0.0714. The Morgan fingerprint density at radius 2 is 2.05 bits per heavy atom. The van der Waals surface area contributed by atoms with Crippen molar-refractivity contribution >= 4 is 38.5 Å². The number of para-hydroxylation sites is 2. The first kappa shape index (κ1) is 11.4. The molecule has 98 valence electrons. The number of nitrogens with zero attached hydrogens (tertiary/aromatic N) is 4. The molecule has 0 atom stereocenters. The summed E-state index contributed by atoms with van der Waals surface area (Å²) in [6.45, 7) is 0. The molecule has 0 unspecified atom stereocenters. The molecule has 0 bridgehead atoms. The molecule has 4 rings (SSSR count). The second kappa shape index (κ2) is 4.28. The first-order valence-corrected chi connectivity index (χ1v) is 7.10. The lowest BCUT2D eigenvalue weighted by molar-refractivity contribution is 1.02. The van der Waals surface area contributed by atoms with Crippen molar-refractivity contribution in [2.45, 2.75) is 0 Å². The van der Waals surface area contributed by atoms with Crippen LogP contribution in [0.1, 0.15) is 0 Å². The first-order valence-electron chi connectivity index (χ1n) is 6.22. The molecule has 4 aromatic rings. The van der Waals surface area contributed by atoms with Gasteiger partial charge >= 0.3 is 0 Å². The SMILES string of the molecule is CNc1nc(-n2cnc3ccccc32)c2ccsc2n1. The fourth-order valence-electron chi connectivity index (χ4n) is 2.26. The standard InChI is InChI=1S/C14H11N5S/c1-15-14-17-12(9-6-7-20-13(9)18-14)19-8-16-10-4-2-3-5-11(10)19/h2-8H,1H3,(H,15,17,18). The second-order valence-corrected chi connectivity index (χ2v) is 5.26. The highest BCUT2D eigenvalue weighted by atomic mass is 32.1. The zero-order chi connectivity index (χ0) is 13.5. The summed E-state index contributed by atoms with van der Waals surface area (Å²) in [4.78, 5) is 14.5. The van der Waals surface area contributed by atoms with Crippen molar-refractivity contribution < 1.29 is 0 Å². The van der Waals surface area contributed by atoms with E-state index in [0.717, 1.165) is 27.1 Å². The van der Waals surface area contributed by atoms with Crippen LogP contribution in [0.15, 0.2) is 42.0 Å². The Morgan fingerprint density at radius 1 is 1.15 bits per heavy atom. The van der Waals surface area contributed by atoms with Crippen LogP contribution in [0.5, 0.6) is 0 Å². The van der Waals surface area contributed by atoms with Gasteiger partial charge < -0.3 is 5.32 Å². The minimum atomic E-state index is 0.618. The van der Waals surface area contributed by atoms with Crippen molar-refractivity contribution in [2.75, 3.05) is 12.4 Å². The number of nitrogens with one attached hydrogen (secondary N) is 1. The Morgan fingerprint density at radius 3 is 2.95 bits per heavy atom. The van der Waals surface area contributed by atoms with Gasteiger partial charge in [0.1, 0.15) is 11.2 Å². The van der Waals surface area contributed by atoms with Crippen molar-refractivity contribution in [3.05, 3.63) is 42.0 Å². The lowest BCUT2D eigenvalue weighted by Gasteiger charge is -2.07. The van der Waals surface area contributed by atoms with E-state index in [0.29, 0.717) is 5.95 Å². The molecular weight excluding hydrogens is 270 g/mol. The molecule has 6 heteroatoms. The number of hydrogen-bond donors (Lipinski definition) is 1. The van der Waals surface area contributed by atoms with Gasteiger partial charge in [0.15, 0.2) is 5.82 Å². The number of rotatable bonds is 2. The highest BCUT2D eigenvalue weighted by Crippen LogP contribution is 2.27. The molecule has 0 aliphatic heterocycles. The lowest BCUT2D eigenvalue weighted by Crippen LogP contribution is -2.02. The average Bonchev–Trinajstić information content (AvgIpc) is 3.12. The van der Waals surface area contributed by atoms with Crippen LogP contribution >= 0.6 is 11.3 Å². The largest absolute Gasteiger partial charge is 0.357 e. The van der Waals surface area contributed by atoms with Crippen LogP contribution in [0.3, 0.4) is 0 Å². The molecule has 1 N–H and O–H groups in total. The topological polar surface area (TPSA) is 55.6 Å². The third-order valence-corrected chi connectivity index (χ3v) is 4.02. The normalized spacial score (nSPS) is 11.2. The molecule has 0 spiro atoms. The molecule has 0 aliphatic rings. The van der Waals surface area contributed by atoms with Crippen molar-refractivity contribution in [2.24, 2.45) is 0 Å². The predicted molar refractivity (Wildman–Crippen MR) is 81.6 cm³/mol. The molecule has 0 fully saturated rings. The van der Waals surface area contributed by atoms with Gasteiger partial charge in [-0.2, -0.15) is 4.98 Å². The maximum Gasteiger partial charge on any atom is 0.225 e. The monoisotopic (exact) mass is 281 g/mol. The maximum atomic E-state index is 4.59. The summed E-state index contributed by atoms with van der Waals surface area (Å²) in [5, 5.41) is 6.08. The molecular formula is C14H11N5S. The van der Waals surface area contributed by atoms with Crippen LogP contribution in [0.2, 0.25) is 0 Å². The Hall–Kier alpha value is -2.47. The molecule has 20 heavy (non-hydrogen) atoms. The summed E-state index contributed by atoms with van der Waals surface area (Å²) in [5.41, 5.74) is 2.00. The Balaban J connectivity index is 2.08. The fourth-order valence-corrected chi connectivity index (χ4v) is 3.02. The summed E-state index contributed by atoms with van der Waals surface area (Å²) in [6.07, 6.45) is 1.81. The van der Waals surface area contributed by atoms with Gasteiger partial charge in [0.25, 0.3) is 0 Å². The molecule has 3 aromatic heterocycles. The van der Waals surface area contributed by atoms with Crippen LogP contribution < -0.4 is 5.32 Å². The molecule has 0 radical (unpaired) electrons. The van der Waals surface area contributed by atoms with Gasteiger partial charge in [-0.1, -0.05) is 12.1 Å². The van der Waals surface area contributed by atoms with E-state index in [2.05, 4.69) is 20.3 Å². The molecule has 0 saturated carbocycles. The number of imidazole rings is 1. The van der Waals surface area contributed by atoms with E-state index in [9.17, 15) is 0 Å². The zero-order valence-corrected chi connectivity index (χ0v) is 11.6. The van der Waals surface area contributed by atoms with Crippen molar-refractivity contribution in [3.8, 4) is 5.82 Å². The van der Waals surface area contributed by atoms with E-state index in [1.807, 2.05) is 53.7 Å². The van der Waals surface area contributed by atoms with E-state index in [4.69, 9.17) is 0 Å². The summed E-state index contributed by atoms with van der Waals surface area (Å²) < 4.78 is 2.01. The van der Waals surface area contributed by atoms with Gasteiger partial charge in [0.2, 0.25) is 5.95 Å². The minimum absolute atomic E-state index is 0.618. The number of hydrogen-bond acceptors (Lipinski definition) is 5. The Kier molecular flexibility index (Phi) is 2.43. The molecule has 0 aliphatic carbocycles. The number of anilines is 1. The highest BCUT2D eigenvalue weighted by Gasteiger charge is 2.12. The average molecular weight is 281 g/mol. The van der Waals surface area contributed by atoms with Gasteiger partial charge in [-0.05, 0) is 23.6 Å². The van der Waals surface area contributed by atoms with Crippen LogP contribution in [-0.2, 0) is 0 Å². The number of benzene rings is 1. The van der Waals surface area contributed by atoms with Gasteiger partial charge in [-0.25, -0.2) is 9.97 Å². The van der Waals surface area contributed by atoms with Crippen molar-refractivity contribution in [1.82, 2.24) is 19.5 Å². The number of thiophene rings is 1. The van der Waals surface area contributed by atoms with Gasteiger partial charge in [-0.15, -0.1) is 11.3 Å². The summed E-state index contributed by atoms with van der Waals surface area (Å²) in [7, 11) is 1.82. The zero-order valence-electron chi connectivity index (χ0n) is 10.7. The maximum absolute atomic E-state index is 4.59. The predicted octanol–water partition coefficient (Wildman–Crippen LogP) is 3.07. The van der Waals surface area contributed by atoms with Crippen LogP contribution in [0, 0.1) is 0 Å². The van der Waals surface area contributed by atoms with Gasteiger partial charge in [0.05, 0.1) is 16.4 Å². The van der Waals surface area contributed by atoms with Crippen LogP contribution in [-0.4, -0.2) is 26.6 Å². The van der Waals surface area contributed by atoms with Crippen molar-refractivity contribution in [3.63, 3.8) is 0 Å². The minimum Gasteiger partial charge on any atom is -0.357 e. The number of aromatic nitrogens is 4. The van der Waals surface area contributed by atoms with E-state index in [1.54, 1.807) is 11.3 Å². The second-order valence-electron chi connectivity index (χ2n) is 4.36. The van der Waals surface area contributed by atoms with Gasteiger partial charge in [0, 0.05) is 7.05 Å². The summed E-state index contributed by atoms with van der Waals surface area (Å²) >= 11 is 1.61. The Bertz CT molecular complexity index is 908. The Labute approximate surface area is 118 Å². The van der Waals surface area contributed by atoms with Crippen molar-refractivity contribution in [1.29, 1.82) is 0 Å². The van der Waals surface area contributed by atoms with Crippen LogP contribution in [0.25, 0.3) is 27.1 Å². The third kappa shape index (κ3) is 1.58. The third-order valence-electron chi connectivity index (χ3n) is 3.21. The smallest absolute Gasteiger partial charge is 0.225 e.